The zero-order valence-corrected chi connectivity index (χ0v) is 14.6. The average Bonchev–Trinajstić information content (AvgIpc) is 2.96. The molecule has 21 heavy (non-hydrogen) atoms. The molecule has 2 rings (SSSR count). The Morgan fingerprint density at radius 1 is 1.24 bits per heavy atom. The van der Waals surface area contributed by atoms with Gasteiger partial charge in [0.05, 0.1) is 11.7 Å². The summed E-state index contributed by atoms with van der Waals surface area (Å²) in [6.45, 7) is 11.3. The third-order valence-corrected chi connectivity index (χ3v) is 5.49. The highest BCUT2D eigenvalue weighted by atomic mass is 16.2. The van der Waals surface area contributed by atoms with E-state index >= 15 is 0 Å². The molecule has 1 saturated carbocycles. The van der Waals surface area contributed by atoms with Crippen LogP contribution in [0.1, 0.15) is 79.6 Å². The second kappa shape index (κ2) is 6.68. The molecule has 1 N–H and O–H groups in total. The molecule has 0 aromatic rings. The molecule has 1 amide bonds. The van der Waals surface area contributed by atoms with Gasteiger partial charge in [-0.25, -0.2) is 0 Å². The summed E-state index contributed by atoms with van der Waals surface area (Å²) in [5, 5.41) is 3.75. The van der Waals surface area contributed by atoms with E-state index in [9.17, 15) is 4.79 Å². The molecule has 3 unspecified atom stereocenters. The van der Waals surface area contributed by atoms with E-state index in [2.05, 4.69) is 44.8 Å². The summed E-state index contributed by atoms with van der Waals surface area (Å²) in [6.07, 6.45) is 8.09. The first-order valence-corrected chi connectivity index (χ1v) is 9.00. The van der Waals surface area contributed by atoms with Gasteiger partial charge in [0.1, 0.15) is 0 Å². The maximum absolute atomic E-state index is 13.1. The van der Waals surface area contributed by atoms with Crippen LogP contribution in [0.15, 0.2) is 0 Å². The standard InChI is InChI=1S/C18H34N2O/c1-6-14(4)12-15(5)20-16(11-13(2)3)19-18(17(20)21)9-7-8-10-18/h13-16,19H,6-12H2,1-5H3. The van der Waals surface area contributed by atoms with Crippen molar-refractivity contribution in [3.8, 4) is 0 Å². The number of carbonyl (C=O) groups excluding carboxylic acids is 1. The lowest BCUT2D eigenvalue weighted by Gasteiger charge is -2.32. The first kappa shape index (κ1) is 16.8. The van der Waals surface area contributed by atoms with Gasteiger partial charge in [-0.3, -0.25) is 10.1 Å². The largest absolute Gasteiger partial charge is 0.323 e. The van der Waals surface area contributed by atoms with Crippen molar-refractivity contribution in [1.29, 1.82) is 0 Å². The normalized spacial score (nSPS) is 27.8. The predicted octanol–water partition coefficient (Wildman–Crippen LogP) is 3.93. The van der Waals surface area contributed by atoms with E-state index in [4.69, 9.17) is 0 Å². The predicted molar refractivity (Wildman–Crippen MR) is 88.0 cm³/mol. The molecule has 1 aliphatic carbocycles. The number of amides is 1. The third-order valence-electron chi connectivity index (χ3n) is 5.49. The minimum absolute atomic E-state index is 0.219. The zero-order chi connectivity index (χ0) is 15.6. The Bertz CT molecular complexity index is 360. The summed E-state index contributed by atoms with van der Waals surface area (Å²) in [5.41, 5.74) is -0.219. The third kappa shape index (κ3) is 3.44. The first-order valence-electron chi connectivity index (χ1n) is 9.00. The highest BCUT2D eigenvalue weighted by Crippen LogP contribution is 2.39. The van der Waals surface area contributed by atoms with Crippen molar-refractivity contribution >= 4 is 5.91 Å². The van der Waals surface area contributed by atoms with E-state index in [1.165, 1.54) is 19.3 Å². The van der Waals surface area contributed by atoms with Crippen LogP contribution in [0.2, 0.25) is 0 Å². The van der Waals surface area contributed by atoms with Crippen LogP contribution in [0.3, 0.4) is 0 Å². The maximum Gasteiger partial charge on any atom is 0.244 e. The lowest BCUT2D eigenvalue weighted by molar-refractivity contribution is -0.135. The smallest absolute Gasteiger partial charge is 0.244 e. The Balaban J connectivity index is 2.15. The molecule has 0 aromatic carbocycles. The quantitative estimate of drug-likeness (QED) is 0.805. The van der Waals surface area contributed by atoms with E-state index < -0.39 is 0 Å². The summed E-state index contributed by atoms with van der Waals surface area (Å²) >= 11 is 0. The van der Waals surface area contributed by atoms with Crippen molar-refractivity contribution in [2.24, 2.45) is 11.8 Å². The van der Waals surface area contributed by atoms with Gasteiger partial charge >= 0.3 is 0 Å². The lowest BCUT2D eigenvalue weighted by Crippen LogP contribution is -2.45. The molecule has 2 aliphatic rings. The van der Waals surface area contributed by atoms with Gasteiger partial charge in [-0.15, -0.1) is 0 Å². The Kier molecular flexibility index (Phi) is 5.34. The maximum atomic E-state index is 13.1. The molecule has 3 atom stereocenters. The van der Waals surface area contributed by atoms with E-state index in [0.29, 0.717) is 23.8 Å². The highest BCUT2D eigenvalue weighted by Gasteiger charge is 2.53. The van der Waals surface area contributed by atoms with Crippen LogP contribution < -0.4 is 5.32 Å². The summed E-state index contributed by atoms with van der Waals surface area (Å²) < 4.78 is 0. The number of nitrogens with zero attached hydrogens (tertiary/aromatic N) is 1. The van der Waals surface area contributed by atoms with Crippen molar-refractivity contribution in [2.75, 3.05) is 0 Å². The minimum Gasteiger partial charge on any atom is -0.323 e. The van der Waals surface area contributed by atoms with Gasteiger partial charge in [0, 0.05) is 6.04 Å². The number of carbonyl (C=O) groups is 1. The average molecular weight is 294 g/mol. The van der Waals surface area contributed by atoms with Crippen molar-refractivity contribution in [2.45, 2.75) is 97.3 Å². The molecule has 1 aliphatic heterocycles. The Hall–Kier alpha value is -0.570. The number of hydrogen-bond acceptors (Lipinski definition) is 2. The van der Waals surface area contributed by atoms with Crippen LogP contribution in [0.25, 0.3) is 0 Å². The van der Waals surface area contributed by atoms with Crippen LogP contribution in [0.4, 0.5) is 0 Å². The summed E-state index contributed by atoms with van der Waals surface area (Å²) in [7, 11) is 0. The fourth-order valence-corrected chi connectivity index (χ4v) is 4.16. The van der Waals surface area contributed by atoms with Crippen LogP contribution in [0, 0.1) is 11.8 Å². The van der Waals surface area contributed by atoms with Gasteiger partial charge in [-0.1, -0.05) is 47.0 Å². The molecule has 122 valence electrons. The van der Waals surface area contributed by atoms with E-state index in [-0.39, 0.29) is 11.7 Å². The van der Waals surface area contributed by atoms with Gasteiger partial charge < -0.3 is 4.90 Å². The topological polar surface area (TPSA) is 32.3 Å². The molecule has 0 aromatic heterocycles. The molecule has 1 saturated heterocycles. The Morgan fingerprint density at radius 2 is 1.86 bits per heavy atom. The molecular formula is C18H34N2O. The van der Waals surface area contributed by atoms with Gasteiger partial charge in [0.2, 0.25) is 5.91 Å². The fourth-order valence-electron chi connectivity index (χ4n) is 4.16. The van der Waals surface area contributed by atoms with Crippen molar-refractivity contribution in [3.05, 3.63) is 0 Å². The summed E-state index contributed by atoms with van der Waals surface area (Å²) in [4.78, 5) is 15.3. The lowest BCUT2D eigenvalue weighted by atomic mass is 9.95. The number of hydrogen-bond donors (Lipinski definition) is 1. The molecule has 1 heterocycles. The SMILES string of the molecule is CCC(C)CC(C)N1C(=O)C2(CCCC2)NC1CC(C)C. The fraction of sp³-hybridized carbons (Fsp3) is 0.944. The monoisotopic (exact) mass is 294 g/mol. The number of rotatable bonds is 6. The van der Waals surface area contributed by atoms with Crippen molar-refractivity contribution < 1.29 is 4.79 Å². The highest BCUT2D eigenvalue weighted by molar-refractivity contribution is 5.89. The number of nitrogens with one attached hydrogen (secondary N) is 1. The van der Waals surface area contributed by atoms with E-state index in [1.54, 1.807) is 0 Å². The Morgan fingerprint density at radius 3 is 2.38 bits per heavy atom. The Labute approximate surface area is 130 Å². The van der Waals surface area contributed by atoms with E-state index in [1.807, 2.05) is 0 Å². The van der Waals surface area contributed by atoms with Crippen LogP contribution >= 0.6 is 0 Å². The summed E-state index contributed by atoms with van der Waals surface area (Å²) in [5.74, 6) is 1.69. The minimum atomic E-state index is -0.219. The van der Waals surface area contributed by atoms with Gasteiger partial charge in [-0.2, -0.15) is 0 Å². The van der Waals surface area contributed by atoms with Crippen molar-refractivity contribution in [3.63, 3.8) is 0 Å². The molecule has 2 fully saturated rings. The van der Waals surface area contributed by atoms with Gasteiger partial charge in [-0.05, 0) is 44.4 Å². The van der Waals surface area contributed by atoms with Gasteiger partial charge in [0.25, 0.3) is 0 Å². The van der Waals surface area contributed by atoms with Crippen LogP contribution in [-0.2, 0) is 4.79 Å². The molecule has 0 bridgehead atoms. The van der Waals surface area contributed by atoms with Crippen molar-refractivity contribution in [1.82, 2.24) is 10.2 Å². The summed E-state index contributed by atoms with van der Waals surface area (Å²) in [6, 6.07) is 0.351. The van der Waals surface area contributed by atoms with E-state index in [0.717, 1.165) is 25.7 Å². The molecule has 3 heteroatoms. The first-order chi connectivity index (χ1) is 9.89. The zero-order valence-electron chi connectivity index (χ0n) is 14.6. The second-order valence-electron chi connectivity index (χ2n) is 7.89. The second-order valence-corrected chi connectivity index (χ2v) is 7.89. The van der Waals surface area contributed by atoms with Gasteiger partial charge in [0.15, 0.2) is 0 Å². The molecule has 1 spiro atoms. The van der Waals surface area contributed by atoms with Crippen LogP contribution in [0.5, 0.6) is 0 Å². The molecular weight excluding hydrogens is 260 g/mol. The molecule has 0 radical (unpaired) electrons. The van der Waals surface area contributed by atoms with Crippen LogP contribution in [-0.4, -0.2) is 28.6 Å². The molecule has 3 nitrogen and oxygen atoms in total.